The van der Waals surface area contributed by atoms with E-state index >= 15 is 0 Å². The molecule has 3 aromatic rings. The number of hydrogen-bond donors (Lipinski definition) is 3. The van der Waals surface area contributed by atoms with Crippen LogP contribution in [0.1, 0.15) is 46.9 Å². The number of phenols is 1. The van der Waals surface area contributed by atoms with Crippen LogP contribution in [0, 0.1) is 0 Å². The lowest BCUT2D eigenvalue weighted by atomic mass is 10.0. The fraction of sp³-hybridized carbons (Fsp3) is 0.391. The Hall–Kier alpha value is -3.06. The minimum atomic E-state index is -0.148. The smallest absolute Gasteiger partial charge is 0.258 e. The lowest BCUT2D eigenvalue weighted by Gasteiger charge is -2.29. The number of piperazine rings is 1. The maximum Gasteiger partial charge on any atom is 0.258 e. The van der Waals surface area contributed by atoms with Crippen molar-refractivity contribution in [3.8, 4) is 5.75 Å². The molecule has 1 aromatic heterocycles. The van der Waals surface area contributed by atoms with Gasteiger partial charge in [0.1, 0.15) is 5.75 Å². The molecular formula is C23H27N5O2. The van der Waals surface area contributed by atoms with Gasteiger partial charge in [0.25, 0.3) is 5.91 Å². The van der Waals surface area contributed by atoms with Gasteiger partial charge in [-0.25, -0.2) is 0 Å². The Labute approximate surface area is 175 Å². The summed E-state index contributed by atoms with van der Waals surface area (Å²) in [6, 6.07) is 9.86. The number of amides is 1. The second-order valence-corrected chi connectivity index (χ2v) is 8.53. The molecule has 0 unspecified atom stereocenters. The maximum atomic E-state index is 13.3. The Morgan fingerprint density at radius 2 is 1.87 bits per heavy atom. The summed E-state index contributed by atoms with van der Waals surface area (Å²) in [5.41, 5.74) is 5.57. The number of fused-ring (bicyclic) bond motifs is 2. The lowest BCUT2D eigenvalue weighted by molar-refractivity contribution is 0.0748. The number of rotatable bonds is 3. The molecule has 1 fully saturated rings. The Kier molecular flexibility index (Phi) is 4.62. The normalized spacial score (nSPS) is 16.5. The number of carbonyl (C=O) groups excluding carboxylic acids is 1. The SMILES string of the molecule is CC(C)c1[nH]nc2cc(O)c(C(=O)N3Cc4ccc(N5CCNCC5)cc4C3)cc12. The van der Waals surface area contributed by atoms with Crippen molar-refractivity contribution in [2.75, 3.05) is 31.1 Å². The van der Waals surface area contributed by atoms with E-state index < -0.39 is 0 Å². The van der Waals surface area contributed by atoms with Gasteiger partial charge < -0.3 is 20.2 Å². The quantitative estimate of drug-likeness (QED) is 0.624. The predicted molar refractivity (Wildman–Crippen MR) is 117 cm³/mol. The van der Waals surface area contributed by atoms with E-state index in [0.29, 0.717) is 24.2 Å². The molecule has 30 heavy (non-hydrogen) atoms. The van der Waals surface area contributed by atoms with Crippen LogP contribution >= 0.6 is 0 Å². The molecule has 0 saturated carbocycles. The third kappa shape index (κ3) is 3.19. The summed E-state index contributed by atoms with van der Waals surface area (Å²) in [5.74, 6) is 0.0824. The van der Waals surface area contributed by atoms with Gasteiger partial charge in [0.2, 0.25) is 0 Å². The van der Waals surface area contributed by atoms with Crippen LogP contribution in [0.5, 0.6) is 5.75 Å². The van der Waals surface area contributed by atoms with Crippen molar-refractivity contribution in [1.29, 1.82) is 0 Å². The molecule has 7 nitrogen and oxygen atoms in total. The van der Waals surface area contributed by atoms with Crippen LogP contribution in [0.15, 0.2) is 30.3 Å². The topological polar surface area (TPSA) is 84.5 Å². The Morgan fingerprint density at radius 1 is 1.10 bits per heavy atom. The van der Waals surface area contributed by atoms with Gasteiger partial charge in [-0.15, -0.1) is 0 Å². The van der Waals surface area contributed by atoms with Crippen molar-refractivity contribution in [3.05, 3.63) is 52.7 Å². The molecule has 5 rings (SSSR count). The second kappa shape index (κ2) is 7.32. The number of anilines is 1. The van der Waals surface area contributed by atoms with Crippen LogP contribution in [0.3, 0.4) is 0 Å². The summed E-state index contributed by atoms with van der Waals surface area (Å²) in [5, 5.41) is 22.1. The standard InChI is InChI=1S/C23H27N5O2/c1-14(2)22-18-10-19(21(29)11-20(18)25-26-22)23(30)28-12-15-3-4-17(9-16(15)13-28)27-7-5-24-6-8-27/h3-4,9-11,14,24,29H,5-8,12-13H2,1-2H3,(H,25,26). The number of carbonyl (C=O) groups is 1. The predicted octanol–water partition coefficient (Wildman–Crippen LogP) is 2.96. The van der Waals surface area contributed by atoms with Gasteiger partial charge in [0, 0.05) is 62.1 Å². The number of nitrogens with zero attached hydrogens (tertiary/aromatic N) is 3. The first-order chi connectivity index (χ1) is 14.5. The van der Waals surface area contributed by atoms with Crippen LogP contribution in [0.25, 0.3) is 10.9 Å². The Balaban J connectivity index is 1.41. The van der Waals surface area contributed by atoms with E-state index in [1.807, 2.05) is 4.90 Å². The minimum Gasteiger partial charge on any atom is -0.507 e. The van der Waals surface area contributed by atoms with Gasteiger partial charge in [0.05, 0.1) is 11.1 Å². The zero-order valence-electron chi connectivity index (χ0n) is 17.4. The fourth-order valence-electron chi connectivity index (χ4n) is 4.49. The monoisotopic (exact) mass is 405 g/mol. The number of H-pyrrole nitrogens is 1. The van der Waals surface area contributed by atoms with Crippen molar-refractivity contribution in [1.82, 2.24) is 20.4 Å². The minimum absolute atomic E-state index is 0.0215. The largest absolute Gasteiger partial charge is 0.507 e. The Bertz CT molecular complexity index is 1110. The molecule has 1 amide bonds. The summed E-state index contributed by atoms with van der Waals surface area (Å²) < 4.78 is 0. The van der Waals surface area contributed by atoms with Crippen molar-refractivity contribution in [2.45, 2.75) is 32.9 Å². The molecular weight excluding hydrogens is 378 g/mol. The molecule has 3 N–H and O–H groups in total. The molecule has 0 bridgehead atoms. The van der Waals surface area contributed by atoms with Crippen molar-refractivity contribution in [3.63, 3.8) is 0 Å². The molecule has 0 aliphatic carbocycles. The van der Waals surface area contributed by atoms with Gasteiger partial charge in [-0.3, -0.25) is 9.89 Å². The third-order valence-electron chi connectivity index (χ3n) is 6.19. The fourth-order valence-corrected chi connectivity index (χ4v) is 4.49. The first-order valence-corrected chi connectivity index (χ1v) is 10.6. The summed E-state index contributed by atoms with van der Waals surface area (Å²) in [4.78, 5) is 17.5. The summed E-state index contributed by atoms with van der Waals surface area (Å²) in [6.45, 7) is 9.27. The third-order valence-corrected chi connectivity index (χ3v) is 6.19. The van der Waals surface area contributed by atoms with Crippen molar-refractivity contribution >= 4 is 22.5 Å². The molecule has 2 aliphatic rings. The lowest BCUT2D eigenvalue weighted by Crippen LogP contribution is -2.43. The van der Waals surface area contributed by atoms with Crippen molar-refractivity contribution < 1.29 is 9.90 Å². The van der Waals surface area contributed by atoms with Crippen LogP contribution in [-0.4, -0.2) is 52.3 Å². The zero-order chi connectivity index (χ0) is 20.8. The van der Waals surface area contributed by atoms with E-state index in [4.69, 9.17) is 0 Å². The summed E-state index contributed by atoms with van der Waals surface area (Å²) in [7, 11) is 0. The number of aromatic hydroxyl groups is 1. The molecule has 156 valence electrons. The van der Waals surface area contributed by atoms with Crippen LogP contribution in [-0.2, 0) is 13.1 Å². The van der Waals surface area contributed by atoms with Crippen LogP contribution < -0.4 is 10.2 Å². The summed E-state index contributed by atoms with van der Waals surface area (Å²) >= 11 is 0. The molecule has 0 atom stereocenters. The van der Waals surface area contributed by atoms with E-state index in [9.17, 15) is 9.90 Å². The highest BCUT2D eigenvalue weighted by molar-refractivity contribution is 6.01. The van der Waals surface area contributed by atoms with E-state index in [2.05, 4.69) is 52.5 Å². The number of nitrogens with one attached hydrogen (secondary N) is 2. The van der Waals surface area contributed by atoms with Crippen LogP contribution in [0.4, 0.5) is 5.69 Å². The van der Waals surface area contributed by atoms with Gasteiger partial charge >= 0.3 is 0 Å². The van der Waals surface area contributed by atoms with E-state index in [1.54, 1.807) is 12.1 Å². The number of aromatic amines is 1. The molecule has 7 heteroatoms. The molecule has 0 radical (unpaired) electrons. The van der Waals surface area contributed by atoms with E-state index in [0.717, 1.165) is 37.3 Å². The molecule has 2 aliphatic heterocycles. The van der Waals surface area contributed by atoms with Gasteiger partial charge in [-0.05, 0) is 35.2 Å². The number of hydrogen-bond acceptors (Lipinski definition) is 5. The first-order valence-electron chi connectivity index (χ1n) is 10.6. The molecule has 3 heterocycles. The van der Waals surface area contributed by atoms with E-state index in [1.165, 1.54) is 16.8 Å². The zero-order valence-corrected chi connectivity index (χ0v) is 17.4. The average Bonchev–Trinajstić information content (AvgIpc) is 3.36. The number of aromatic nitrogens is 2. The number of benzene rings is 2. The first kappa shape index (κ1) is 18.9. The second-order valence-electron chi connectivity index (χ2n) is 8.53. The maximum absolute atomic E-state index is 13.3. The van der Waals surface area contributed by atoms with E-state index in [-0.39, 0.29) is 17.6 Å². The van der Waals surface area contributed by atoms with Crippen LogP contribution in [0.2, 0.25) is 0 Å². The highest BCUT2D eigenvalue weighted by Gasteiger charge is 2.27. The highest BCUT2D eigenvalue weighted by Crippen LogP contribution is 2.33. The molecule has 2 aromatic carbocycles. The highest BCUT2D eigenvalue weighted by atomic mass is 16.3. The molecule has 0 spiro atoms. The molecule has 1 saturated heterocycles. The van der Waals surface area contributed by atoms with Crippen molar-refractivity contribution in [2.24, 2.45) is 0 Å². The van der Waals surface area contributed by atoms with Gasteiger partial charge in [0.15, 0.2) is 0 Å². The van der Waals surface area contributed by atoms with Gasteiger partial charge in [-0.1, -0.05) is 19.9 Å². The summed E-state index contributed by atoms with van der Waals surface area (Å²) in [6.07, 6.45) is 0. The number of phenolic OH excluding ortho intramolecular Hbond substituents is 1. The van der Waals surface area contributed by atoms with Gasteiger partial charge in [-0.2, -0.15) is 5.10 Å². The Morgan fingerprint density at radius 3 is 2.63 bits per heavy atom. The average molecular weight is 406 g/mol.